The van der Waals surface area contributed by atoms with Crippen molar-refractivity contribution in [2.45, 2.75) is 55.0 Å². The second-order valence-corrected chi connectivity index (χ2v) is 13.4. The van der Waals surface area contributed by atoms with Crippen LogP contribution in [0.3, 0.4) is 0 Å². The summed E-state index contributed by atoms with van der Waals surface area (Å²) in [5.41, 5.74) is -2.57. The van der Waals surface area contributed by atoms with Gasteiger partial charge in [-0.2, -0.15) is 0 Å². The maximum absolute atomic E-state index is 14.4. The quantitative estimate of drug-likeness (QED) is 0.454. The third-order valence-electron chi connectivity index (χ3n) is 12.2. The van der Waals surface area contributed by atoms with Crippen molar-refractivity contribution in [3.05, 3.63) is 35.9 Å². The van der Waals surface area contributed by atoms with Crippen molar-refractivity contribution in [1.29, 1.82) is 0 Å². The number of aliphatic hydroxyl groups is 2. The number of fused-ring (bicyclic) bond motifs is 2. The summed E-state index contributed by atoms with van der Waals surface area (Å²) in [5.74, 6) is -2.44. The number of carbonyl (C=O) groups is 2. The van der Waals surface area contributed by atoms with Gasteiger partial charge in [-0.3, -0.25) is 4.79 Å². The van der Waals surface area contributed by atoms with Crippen LogP contribution in [-0.2, 0) is 28.5 Å². The molecule has 5 saturated carbocycles. The van der Waals surface area contributed by atoms with Gasteiger partial charge in [-0.15, -0.1) is 0 Å². The number of piperidine rings is 1. The van der Waals surface area contributed by atoms with E-state index in [1.807, 2.05) is 6.07 Å². The number of carbonyl (C=O) groups excluding carboxylic acids is 2. The van der Waals surface area contributed by atoms with Crippen molar-refractivity contribution in [2.75, 3.05) is 48.6 Å². The van der Waals surface area contributed by atoms with Crippen LogP contribution in [0.1, 0.15) is 23.2 Å². The number of hydrogen-bond donors (Lipinski definition) is 2. The minimum atomic E-state index is -1.70. The zero-order valence-electron chi connectivity index (χ0n) is 24.3. The minimum absolute atomic E-state index is 0.0986. The maximum atomic E-state index is 14.4. The first kappa shape index (κ1) is 27.9. The molecule has 7 bridgehead atoms. The molecule has 41 heavy (non-hydrogen) atoms. The molecule has 10 nitrogen and oxygen atoms in total. The van der Waals surface area contributed by atoms with E-state index >= 15 is 0 Å². The molecule has 1 aromatic rings. The van der Waals surface area contributed by atoms with E-state index in [-0.39, 0.29) is 48.2 Å². The van der Waals surface area contributed by atoms with Gasteiger partial charge in [-0.05, 0) is 31.5 Å². The van der Waals surface area contributed by atoms with Crippen LogP contribution >= 0.6 is 0 Å². The predicted molar refractivity (Wildman–Crippen MR) is 144 cm³/mol. The number of esters is 1. The van der Waals surface area contributed by atoms with Crippen molar-refractivity contribution >= 4 is 11.8 Å². The van der Waals surface area contributed by atoms with Gasteiger partial charge in [0.05, 0.1) is 30.5 Å². The molecule has 6 aliphatic rings. The Hall–Kier alpha value is -1.92. The Balaban J connectivity index is 1.44. The molecule has 0 amide bonds. The first-order valence-corrected chi connectivity index (χ1v) is 14.6. The summed E-state index contributed by atoms with van der Waals surface area (Å²) in [6, 6.07) is 8.62. The lowest BCUT2D eigenvalue weighted by molar-refractivity contribution is -0.277. The van der Waals surface area contributed by atoms with E-state index in [1.165, 1.54) is 7.11 Å². The molecule has 1 aromatic carbocycles. The summed E-state index contributed by atoms with van der Waals surface area (Å²) < 4.78 is 30.5. The number of nitrogens with zero attached hydrogens (tertiary/aromatic N) is 1. The van der Waals surface area contributed by atoms with Crippen LogP contribution in [0, 0.1) is 40.4 Å². The van der Waals surface area contributed by atoms with Crippen molar-refractivity contribution < 1.29 is 43.5 Å². The van der Waals surface area contributed by atoms with E-state index in [0.717, 1.165) is 0 Å². The number of ketones is 1. The summed E-state index contributed by atoms with van der Waals surface area (Å²) in [6.07, 6.45) is -2.91. The van der Waals surface area contributed by atoms with Gasteiger partial charge in [-0.25, -0.2) is 4.79 Å². The van der Waals surface area contributed by atoms with Crippen LogP contribution in [0.25, 0.3) is 0 Å². The lowest BCUT2D eigenvalue weighted by Gasteiger charge is -2.68. The molecule has 0 radical (unpaired) electrons. The van der Waals surface area contributed by atoms with Gasteiger partial charge in [0.15, 0.2) is 5.78 Å². The molecule has 14 atom stereocenters. The number of aliphatic hydroxyl groups excluding tert-OH is 1. The molecule has 1 spiro atoms. The molecule has 1 saturated heterocycles. The number of likely N-dealkylation sites (tertiary alicyclic amines) is 1. The Morgan fingerprint density at radius 3 is 2.44 bits per heavy atom. The monoisotopic (exact) mass is 571 g/mol. The van der Waals surface area contributed by atoms with E-state index in [9.17, 15) is 19.8 Å². The Bertz CT molecular complexity index is 1230. The Morgan fingerprint density at radius 2 is 1.80 bits per heavy atom. The largest absolute Gasteiger partial charge is 0.455 e. The van der Waals surface area contributed by atoms with Crippen LogP contribution in [0.5, 0.6) is 0 Å². The highest BCUT2D eigenvalue weighted by molar-refractivity contribution is 5.92. The molecule has 0 aromatic heterocycles. The van der Waals surface area contributed by atoms with Gasteiger partial charge in [0.1, 0.15) is 17.8 Å². The first-order chi connectivity index (χ1) is 19.7. The average molecular weight is 572 g/mol. The van der Waals surface area contributed by atoms with E-state index in [4.69, 9.17) is 23.7 Å². The van der Waals surface area contributed by atoms with Crippen molar-refractivity contribution in [2.24, 2.45) is 40.4 Å². The Kier molecular flexibility index (Phi) is 6.32. The number of Topliss-reactive ketones (excluding diaryl/α,β-unsaturated/α-hetero) is 1. The number of ether oxygens (including phenoxy) is 5. The molecule has 5 aliphatic carbocycles. The van der Waals surface area contributed by atoms with Gasteiger partial charge >= 0.3 is 5.97 Å². The molecular weight excluding hydrogens is 530 g/mol. The third kappa shape index (κ3) is 3.12. The lowest BCUT2D eigenvalue weighted by Crippen LogP contribution is -2.76. The standard InChI is InChI=1S/C31H41NO9/c1-32-13-29(14-37-2)17(33)11-18(38-3)31-16-12-30(36)26(41-28(35)15-9-7-6-8-10-15)19(16)20(22(34)27(30)40-5)21(25(31)32)23(39-4)24(29)31/h6-10,16-21,23-27,33,36H,11-14H2,1-5H3/t16-,17-,18+,19+,20+,21+,23+,24-,25?,26-,27-,29+,30-,31+/m1/s1. The molecule has 1 heterocycles. The summed E-state index contributed by atoms with van der Waals surface area (Å²) in [4.78, 5) is 30.1. The number of methoxy groups -OCH3 is 4. The van der Waals surface area contributed by atoms with Crippen LogP contribution in [0.15, 0.2) is 30.3 Å². The van der Waals surface area contributed by atoms with Crippen LogP contribution < -0.4 is 0 Å². The highest BCUT2D eigenvalue weighted by Crippen LogP contribution is 2.78. The topological polar surface area (TPSA) is 124 Å². The molecule has 224 valence electrons. The van der Waals surface area contributed by atoms with Crippen molar-refractivity contribution in [3.63, 3.8) is 0 Å². The molecule has 7 rings (SSSR count). The second kappa shape index (κ2) is 9.29. The predicted octanol–water partition coefficient (Wildman–Crippen LogP) is 0.781. The zero-order chi connectivity index (χ0) is 29.1. The summed E-state index contributed by atoms with van der Waals surface area (Å²) in [7, 11) is 8.50. The van der Waals surface area contributed by atoms with Gasteiger partial charge in [0, 0.05) is 81.9 Å². The normalized spacial score (nSPS) is 51.1. The van der Waals surface area contributed by atoms with Gasteiger partial charge in [0.25, 0.3) is 0 Å². The van der Waals surface area contributed by atoms with Crippen molar-refractivity contribution in [3.8, 4) is 0 Å². The first-order valence-electron chi connectivity index (χ1n) is 14.6. The maximum Gasteiger partial charge on any atom is 0.338 e. The third-order valence-corrected chi connectivity index (χ3v) is 12.2. The molecule has 6 fully saturated rings. The summed E-state index contributed by atoms with van der Waals surface area (Å²) in [5, 5.41) is 24.2. The SMILES string of the molecule is COC[C@]12CN(C)C3[C@@H]4[C@H](OC)[C@H]1[C@@]3([C@@H](OC)C[C@H]2O)[C@@H]1C[C@]2(O)[C@H](OC)C(=O)[C@H]4[C@H]1[C@H]2OC(=O)c1ccccc1. The van der Waals surface area contributed by atoms with Gasteiger partial charge < -0.3 is 38.8 Å². The van der Waals surface area contributed by atoms with E-state index in [1.54, 1.807) is 45.6 Å². The fraction of sp³-hybridized carbons (Fsp3) is 0.742. The number of hydrogen-bond acceptors (Lipinski definition) is 10. The van der Waals surface area contributed by atoms with Crippen LogP contribution in [0.2, 0.25) is 0 Å². The fourth-order valence-electron chi connectivity index (χ4n) is 11.6. The summed E-state index contributed by atoms with van der Waals surface area (Å²) >= 11 is 0. The lowest BCUT2D eigenvalue weighted by atomic mass is 9.43. The minimum Gasteiger partial charge on any atom is -0.455 e. The fourth-order valence-corrected chi connectivity index (χ4v) is 11.6. The van der Waals surface area contributed by atoms with Crippen LogP contribution in [0.4, 0.5) is 0 Å². The molecule has 1 aliphatic heterocycles. The number of rotatable bonds is 7. The highest BCUT2D eigenvalue weighted by Gasteiger charge is 2.87. The molecule has 10 heteroatoms. The van der Waals surface area contributed by atoms with Gasteiger partial charge in [-0.1, -0.05) is 18.2 Å². The van der Waals surface area contributed by atoms with Gasteiger partial charge in [0.2, 0.25) is 0 Å². The van der Waals surface area contributed by atoms with E-state index < -0.39 is 52.5 Å². The zero-order valence-corrected chi connectivity index (χ0v) is 24.3. The summed E-state index contributed by atoms with van der Waals surface area (Å²) in [6.45, 7) is 0.919. The molecular formula is C31H41NO9. The molecule has 2 N–H and O–H groups in total. The molecule has 1 unspecified atom stereocenters. The highest BCUT2D eigenvalue weighted by atomic mass is 16.6. The van der Waals surface area contributed by atoms with E-state index in [2.05, 4.69) is 11.9 Å². The average Bonchev–Trinajstić information content (AvgIpc) is 3.32. The smallest absolute Gasteiger partial charge is 0.338 e. The number of benzene rings is 1. The second-order valence-electron chi connectivity index (χ2n) is 13.4. The van der Waals surface area contributed by atoms with Crippen LogP contribution in [-0.4, -0.2) is 118 Å². The van der Waals surface area contributed by atoms with E-state index in [0.29, 0.717) is 25.1 Å². The Labute approximate surface area is 240 Å². The van der Waals surface area contributed by atoms with Crippen molar-refractivity contribution in [1.82, 2.24) is 4.90 Å². The Morgan fingerprint density at radius 1 is 1.07 bits per heavy atom.